The zero-order chi connectivity index (χ0) is 13.7. The first kappa shape index (κ1) is 14.7. The maximum absolute atomic E-state index is 11.0. The van der Waals surface area contributed by atoms with Crippen LogP contribution in [0.25, 0.3) is 0 Å². The monoisotopic (exact) mass is 249 g/mol. The fraction of sp³-hybridized carbons (Fsp3) is 0.533. The summed E-state index contributed by atoms with van der Waals surface area (Å²) in [5, 5.41) is 9.00. The Kier molecular flexibility index (Phi) is 5.35. The number of nitrogens with two attached hydrogens (primary N) is 1. The molecule has 2 unspecified atom stereocenters. The van der Waals surface area contributed by atoms with Gasteiger partial charge in [0.1, 0.15) is 0 Å². The number of aliphatic carboxylic acids is 1. The van der Waals surface area contributed by atoms with Crippen molar-refractivity contribution >= 4 is 5.97 Å². The summed E-state index contributed by atoms with van der Waals surface area (Å²) in [6.07, 6.45) is 1.55. The van der Waals surface area contributed by atoms with Crippen LogP contribution < -0.4 is 5.73 Å². The summed E-state index contributed by atoms with van der Waals surface area (Å²) in [4.78, 5) is 11.0. The molecule has 0 bridgehead atoms. The normalized spacial score (nSPS) is 14.2. The second-order valence-corrected chi connectivity index (χ2v) is 5.25. The number of carboxylic acid groups (broad SMARTS) is 1. The molecule has 0 aliphatic rings. The minimum Gasteiger partial charge on any atom is -0.481 e. The summed E-state index contributed by atoms with van der Waals surface area (Å²) in [5.41, 5.74) is 9.32. The van der Waals surface area contributed by atoms with Crippen LogP contribution in [-0.2, 0) is 11.2 Å². The van der Waals surface area contributed by atoms with Gasteiger partial charge in [0.05, 0.1) is 5.92 Å². The van der Waals surface area contributed by atoms with Crippen LogP contribution in [0.1, 0.15) is 30.0 Å². The zero-order valence-corrected chi connectivity index (χ0v) is 11.4. The number of rotatable bonds is 6. The van der Waals surface area contributed by atoms with E-state index in [-0.39, 0.29) is 6.54 Å². The first-order chi connectivity index (χ1) is 8.43. The highest BCUT2D eigenvalue weighted by molar-refractivity contribution is 5.70. The minimum atomic E-state index is -0.787. The lowest BCUT2D eigenvalue weighted by Crippen LogP contribution is -2.25. The molecule has 100 valence electrons. The van der Waals surface area contributed by atoms with Gasteiger partial charge < -0.3 is 10.8 Å². The largest absolute Gasteiger partial charge is 0.481 e. The Labute approximate surface area is 109 Å². The van der Waals surface area contributed by atoms with E-state index in [1.807, 2.05) is 0 Å². The summed E-state index contributed by atoms with van der Waals surface area (Å²) in [6.45, 7) is 6.49. The van der Waals surface area contributed by atoms with Crippen LogP contribution in [-0.4, -0.2) is 17.6 Å². The van der Waals surface area contributed by atoms with Crippen LogP contribution in [0.2, 0.25) is 0 Å². The van der Waals surface area contributed by atoms with Gasteiger partial charge in [-0.25, -0.2) is 0 Å². The van der Waals surface area contributed by atoms with E-state index < -0.39 is 11.9 Å². The van der Waals surface area contributed by atoms with E-state index in [0.717, 1.165) is 6.42 Å². The van der Waals surface area contributed by atoms with E-state index in [1.165, 1.54) is 16.7 Å². The van der Waals surface area contributed by atoms with Gasteiger partial charge in [0.2, 0.25) is 0 Å². The summed E-state index contributed by atoms with van der Waals surface area (Å²) >= 11 is 0. The van der Waals surface area contributed by atoms with Crippen molar-refractivity contribution in [3.05, 3.63) is 34.9 Å². The van der Waals surface area contributed by atoms with Crippen LogP contribution in [0.4, 0.5) is 0 Å². The van der Waals surface area contributed by atoms with Gasteiger partial charge in [0.25, 0.3) is 0 Å². The number of aryl methyl sites for hydroxylation is 2. The Balaban J connectivity index is 2.64. The molecule has 3 heteroatoms. The van der Waals surface area contributed by atoms with Crippen LogP contribution in [0.15, 0.2) is 18.2 Å². The molecule has 0 aliphatic heterocycles. The molecule has 0 fully saturated rings. The highest BCUT2D eigenvalue weighted by Gasteiger charge is 2.19. The lowest BCUT2D eigenvalue weighted by Gasteiger charge is -2.17. The number of carboxylic acids is 1. The molecule has 0 saturated heterocycles. The molecule has 0 spiro atoms. The predicted octanol–water partition coefficient (Wildman–Crippen LogP) is 2.53. The van der Waals surface area contributed by atoms with Gasteiger partial charge in [0.15, 0.2) is 0 Å². The zero-order valence-electron chi connectivity index (χ0n) is 11.4. The van der Waals surface area contributed by atoms with Crippen molar-refractivity contribution in [2.45, 2.75) is 33.6 Å². The lowest BCUT2D eigenvalue weighted by molar-refractivity contribution is -0.141. The average molecular weight is 249 g/mol. The molecular weight excluding hydrogens is 226 g/mol. The smallest absolute Gasteiger partial charge is 0.307 e. The predicted molar refractivity (Wildman–Crippen MR) is 73.6 cm³/mol. The van der Waals surface area contributed by atoms with Crippen molar-refractivity contribution in [1.82, 2.24) is 0 Å². The molecule has 2 atom stereocenters. The standard InChI is InChI=1S/C15H23NO2/c1-10-4-5-13(12(3)6-10)7-11(2)8-14(9-16)15(17)18/h4-6,11,14H,7-9,16H2,1-3H3,(H,17,18). The first-order valence-electron chi connectivity index (χ1n) is 6.43. The number of hydrogen-bond acceptors (Lipinski definition) is 2. The fourth-order valence-electron chi connectivity index (χ4n) is 2.32. The highest BCUT2D eigenvalue weighted by Crippen LogP contribution is 2.20. The SMILES string of the molecule is Cc1ccc(CC(C)CC(CN)C(=O)O)c(C)c1. The summed E-state index contributed by atoms with van der Waals surface area (Å²) in [6, 6.07) is 6.41. The molecular formula is C15H23NO2. The maximum atomic E-state index is 11.0. The second-order valence-electron chi connectivity index (χ2n) is 5.25. The molecule has 3 N–H and O–H groups in total. The molecule has 0 aromatic heterocycles. The Bertz CT molecular complexity index is 415. The fourth-order valence-corrected chi connectivity index (χ4v) is 2.32. The van der Waals surface area contributed by atoms with E-state index in [0.29, 0.717) is 12.3 Å². The number of benzene rings is 1. The van der Waals surface area contributed by atoms with Gasteiger partial charge in [-0.15, -0.1) is 0 Å². The molecule has 18 heavy (non-hydrogen) atoms. The topological polar surface area (TPSA) is 63.3 Å². The summed E-state index contributed by atoms with van der Waals surface area (Å²) < 4.78 is 0. The van der Waals surface area contributed by atoms with Gasteiger partial charge in [0, 0.05) is 6.54 Å². The third-order valence-corrected chi connectivity index (χ3v) is 3.39. The van der Waals surface area contributed by atoms with Crippen molar-refractivity contribution in [2.75, 3.05) is 6.54 Å². The number of carbonyl (C=O) groups is 1. The van der Waals surface area contributed by atoms with Gasteiger partial charge in [-0.3, -0.25) is 4.79 Å². The van der Waals surface area contributed by atoms with E-state index >= 15 is 0 Å². The Morgan fingerprint density at radius 3 is 2.56 bits per heavy atom. The van der Waals surface area contributed by atoms with Crippen molar-refractivity contribution < 1.29 is 9.90 Å². The third kappa shape index (κ3) is 4.15. The van der Waals surface area contributed by atoms with Gasteiger partial charge in [-0.2, -0.15) is 0 Å². The van der Waals surface area contributed by atoms with Crippen LogP contribution in [0.5, 0.6) is 0 Å². The molecule has 0 saturated carbocycles. The van der Waals surface area contributed by atoms with Crippen LogP contribution in [0.3, 0.4) is 0 Å². The van der Waals surface area contributed by atoms with Gasteiger partial charge >= 0.3 is 5.97 Å². The molecule has 3 nitrogen and oxygen atoms in total. The van der Waals surface area contributed by atoms with Crippen LogP contribution >= 0.6 is 0 Å². The van der Waals surface area contributed by atoms with Gasteiger partial charge in [-0.1, -0.05) is 30.7 Å². The molecule has 0 radical (unpaired) electrons. The van der Waals surface area contributed by atoms with E-state index in [9.17, 15) is 4.79 Å². The Morgan fingerprint density at radius 1 is 1.39 bits per heavy atom. The summed E-state index contributed by atoms with van der Waals surface area (Å²) in [7, 11) is 0. The molecule has 0 heterocycles. The molecule has 1 rings (SSSR count). The lowest BCUT2D eigenvalue weighted by atomic mass is 9.89. The van der Waals surface area contributed by atoms with Crippen molar-refractivity contribution in [3.8, 4) is 0 Å². The maximum Gasteiger partial charge on any atom is 0.307 e. The molecule has 0 amide bonds. The van der Waals surface area contributed by atoms with E-state index in [4.69, 9.17) is 10.8 Å². The second kappa shape index (κ2) is 6.55. The molecule has 1 aromatic rings. The Morgan fingerprint density at radius 2 is 2.06 bits per heavy atom. The van der Waals surface area contributed by atoms with E-state index in [1.54, 1.807) is 0 Å². The third-order valence-electron chi connectivity index (χ3n) is 3.39. The van der Waals surface area contributed by atoms with E-state index in [2.05, 4.69) is 39.0 Å². The summed E-state index contributed by atoms with van der Waals surface area (Å²) in [5.74, 6) is -0.883. The molecule has 0 aliphatic carbocycles. The Hall–Kier alpha value is -1.35. The number of hydrogen-bond donors (Lipinski definition) is 2. The van der Waals surface area contributed by atoms with Crippen molar-refractivity contribution in [3.63, 3.8) is 0 Å². The average Bonchev–Trinajstić information content (AvgIpc) is 2.29. The van der Waals surface area contributed by atoms with Crippen molar-refractivity contribution in [1.29, 1.82) is 0 Å². The van der Waals surface area contributed by atoms with Crippen LogP contribution in [0, 0.1) is 25.7 Å². The quantitative estimate of drug-likeness (QED) is 0.814. The molecule has 1 aromatic carbocycles. The first-order valence-corrected chi connectivity index (χ1v) is 6.43. The van der Waals surface area contributed by atoms with Crippen molar-refractivity contribution in [2.24, 2.45) is 17.6 Å². The minimum absolute atomic E-state index is 0.215. The van der Waals surface area contributed by atoms with Gasteiger partial charge in [-0.05, 0) is 43.7 Å². The highest BCUT2D eigenvalue weighted by atomic mass is 16.4.